The third kappa shape index (κ3) is 4.79. The van der Waals surface area contributed by atoms with Crippen molar-refractivity contribution in [1.82, 2.24) is 0 Å². The number of hydrogen-bond donors (Lipinski definition) is 0. The molecule has 36 heavy (non-hydrogen) atoms. The van der Waals surface area contributed by atoms with Gasteiger partial charge in [0.1, 0.15) is 23.2 Å². The highest BCUT2D eigenvalue weighted by molar-refractivity contribution is 7.95. The zero-order chi connectivity index (χ0) is 25.5. The number of Topliss-reactive ketones (excluding diaryl/α,β-unsaturated/α-hetero) is 2. The van der Waals surface area contributed by atoms with Crippen LogP contribution >= 0.6 is 7.26 Å². The van der Waals surface area contributed by atoms with Crippen molar-refractivity contribution < 1.29 is 19.1 Å². The average Bonchev–Trinajstić information content (AvgIpc) is 2.93. The minimum absolute atomic E-state index is 0.00260. The number of carbonyl (C=O) groups is 2. The van der Waals surface area contributed by atoms with E-state index in [2.05, 4.69) is 91.0 Å². The van der Waals surface area contributed by atoms with Crippen LogP contribution in [0.15, 0.2) is 114 Å². The summed E-state index contributed by atoms with van der Waals surface area (Å²) in [6.07, 6.45) is 3.20. The van der Waals surface area contributed by atoms with E-state index >= 15 is 0 Å². The fourth-order valence-corrected chi connectivity index (χ4v) is 9.44. The van der Waals surface area contributed by atoms with Gasteiger partial charge in [-0.2, -0.15) is 0 Å². The zero-order valence-corrected chi connectivity index (χ0v) is 22.0. The van der Waals surface area contributed by atoms with Crippen LogP contribution in [0.2, 0.25) is 0 Å². The van der Waals surface area contributed by atoms with Crippen LogP contribution in [-0.2, 0) is 19.1 Å². The second-order valence-electron chi connectivity index (χ2n) is 8.83. The van der Waals surface area contributed by atoms with Gasteiger partial charge in [0.05, 0.1) is 20.4 Å². The third-order valence-corrected chi connectivity index (χ3v) is 11.4. The van der Waals surface area contributed by atoms with Crippen LogP contribution in [0.3, 0.4) is 0 Å². The standard InChI is InChI=1S/C31H32O4P/c1-23-27(29(33)31(35-3)30(34-2)28(23)32)21-13-14-22-36(24-15-7-4-8-16-24,25-17-9-5-10-18-25)26-19-11-6-12-20-26/h4-12,15-20H,13-14,21-22H2,1-3H3/q+1. The summed E-state index contributed by atoms with van der Waals surface area (Å²) >= 11 is 0. The summed E-state index contributed by atoms with van der Waals surface area (Å²) in [4.78, 5) is 25.8. The van der Waals surface area contributed by atoms with Crippen LogP contribution in [0.1, 0.15) is 26.2 Å². The molecule has 184 valence electrons. The highest BCUT2D eigenvalue weighted by Gasteiger charge is 2.44. The topological polar surface area (TPSA) is 52.6 Å². The molecule has 0 aliphatic heterocycles. The molecule has 0 saturated carbocycles. The van der Waals surface area contributed by atoms with Crippen molar-refractivity contribution in [2.75, 3.05) is 20.4 Å². The maximum absolute atomic E-state index is 13.1. The lowest BCUT2D eigenvalue weighted by Crippen LogP contribution is -2.33. The highest BCUT2D eigenvalue weighted by Crippen LogP contribution is 2.56. The van der Waals surface area contributed by atoms with E-state index in [0.29, 0.717) is 17.6 Å². The predicted molar refractivity (Wildman–Crippen MR) is 148 cm³/mol. The van der Waals surface area contributed by atoms with Crippen LogP contribution < -0.4 is 15.9 Å². The van der Waals surface area contributed by atoms with Crippen molar-refractivity contribution >= 4 is 34.7 Å². The smallest absolute Gasteiger partial charge is 0.228 e. The molecule has 3 aromatic carbocycles. The lowest BCUT2D eigenvalue weighted by molar-refractivity contribution is -0.121. The van der Waals surface area contributed by atoms with E-state index < -0.39 is 7.26 Å². The van der Waals surface area contributed by atoms with Crippen molar-refractivity contribution in [3.05, 3.63) is 114 Å². The maximum atomic E-state index is 13.1. The number of carbonyl (C=O) groups excluding carboxylic acids is 2. The van der Waals surface area contributed by atoms with Gasteiger partial charge in [-0.05, 0) is 62.6 Å². The second-order valence-corrected chi connectivity index (χ2v) is 12.4. The first-order valence-corrected chi connectivity index (χ1v) is 14.2. The molecule has 0 amide bonds. The summed E-state index contributed by atoms with van der Waals surface area (Å²) in [6.45, 7) is 1.70. The van der Waals surface area contributed by atoms with Gasteiger partial charge in [-0.3, -0.25) is 9.59 Å². The van der Waals surface area contributed by atoms with E-state index in [-0.39, 0.29) is 23.1 Å². The Bertz CT molecular complexity index is 1180. The van der Waals surface area contributed by atoms with Crippen LogP contribution in [0.25, 0.3) is 0 Å². The average molecular weight is 500 g/mol. The Labute approximate surface area is 214 Å². The van der Waals surface area contributed by atoms with E-state index in [1.54, 1.807) is 6.92 Å². The minimum Gasteiger partial charge on any atom is -0.489 e. The number of ether oxygens (including phenoxy) is 2. The lowest BCUT2D eigenvalue weighted by atomic mass is 9.90. The van der Waals surface area contributed by atoms with Crippen LogP contribution in [-0.4, -0.2) is 31.9 Å². The first kappa shape index (κ1) is 25.6. The van der Waals surface area contributed by atoms with Crippen molar-refractivity contribution in [1.29, 1.82) is 0 Å². The van der Waals surface area contributed by atoms with Crippen LogP contribution in [0, 0.1) is 0 Å². The zero-order valence-electron chi connectivity index (χ0n) is 21.1. The summed E-state index contributed by atoms with van der Waals surface area (Å²) in [5, 5.41) is 4.03. The van der Waals surface area contributed by atoms with Gasteiger partial charge in [0.25, 0.3) is 0 Å². The molecule has 0 atom stereocenters. The highest BCUT2D eigenvalue weighted by atomic mass is 31.2. The number of rotatable bonds is 10. The number of hydrogen-bond acceptors (Lipinski definition) is 4. The van der Waals surface area contributed by atoms with E-state index in [1.807, 2.05) is 0 Å². The summed E-state index contributed by atoms with van der Waals surface area (Å²) in [7, 11) is 0.865. The van der Waals surface area contributed by atoms with Gasteiger partial charge < -0.3 is 9.47 Å². The Hall–Kier alpha value is -3.49. The van der Waals surface area contributed by atoms with Gasteiger partial charge in [0, 0.05) is 11.1 Å². The normalized spacial score (nSPS) is 14.3. The largest absolute Gasteiger partial charge is 0.489 e. The van der Waals surface area contributed by atoms with E-state index in [0.717, 1.165) is 19.0 Å². The molecule has 0 unspecified atom stereocenters. The third-order valence-electron chi connectivity index (χ3n) is 6.86. The van der Waals surface area contributed by atoms with Crippen molar-refractivity contribution in [2.24, 2.45) is 0 Å². The van der Waals surface area contributed by atoms with Gasteiger partial charge in [-0.1, -0.05) is 54.6 Å². The monoisotopic (exact) mass is 499 g/mol. The number of benzene rings is 3. The Morgan fingerprint density at radius 3 is 1.44 bits per heavy atom. The molecule has 0 aromatic heterocycles. The molecular formula is C31H32O4P+. The SMILES string of the molecule is COC1=C(OC)C(=O)C(CCCC[P+](c2ccccc2)(c2ccccc2)c2ccccc2)=C(C)C1=O. The predicted octanol–water partition coefficient (Wildman–Crippen LogP) is 5.12. The van der Waals surface area contributed by atoms with Gasteiger partial charge in [0.2, 0.25) is 23.1 Å². The van der Waals surface area contributed by atoms with Gasteiger partial charge in [-0.15, -0.1) is 0 Å². The molecule has 3 aromatic rings. The molecule has 0 fully saturated rings. The fourth-order valence-electron chi connectivity index (χ4n) is 5.03. The number of unbranched alkanes of at least 4 members (excludes halogenated alkanes) is 1. The number of methoxy groups -OCH3 is 2. The van der Waals surface area contributed by atoms with E-state index in [1.165, 1.54) is 30.1 Å². The minimum atomic E-state index is -1.92. The quantitative estimate of drug-likeness (QED) is 0.221. The molecule has 4 rings (SSSR count). The van der Waals surface area contributed by atoms with Crippen LogP contribution in [0.4, 0.5) is 0 Å². The second kappa shape index (κ2) is 11.5. The van der Waals surface area contributed by atoms with Crippen molar-refractivity contribution in [3.63, 3.8) is 0 Å². The Kier molecular flexibility index (Phi) is 8.18. The first-order valence-electron chi connectivity index (χ1n) is 12.2. The molecule has 0 heterocycles. The molecule has 0 spiro atoms. The molecule has 0 saturated heterocycles. The van der Waals surface area contributed by atoms with Gasteiger partial charge >= 0.3 is 0 Å². The molecule has 1 aliphatic rings. The van der Waals surface area contributed by atoms with Gasteiger partial charge in [0.15, 0.2) is 0 Å². The molecule has 5 heteroatoms. The maximum Gasteiger partial charge on any atom is 0.228 e. The van der Waals surface area contributed by atoms with E-state index in [9.17, 15) is 9.59 Å². The first-order chi connectivity index (χ1) is 17.5. The molecule has 1 aliphatic carbocycles. The molecule has 0 radical (unpaired) electrons. The van der Waals surface area contributed by atoms with E-state index in [4.69, 9.17) is 9.47 Å². The Balaban J connectivity index is 1.64. The Morgan fingerprint density at radius 2 is 1.03 bits per heavy atom. The Morgan fingerprint density at radius 1 is 0.611 bits per heavy atom. The summed E-state index contributed by atoms with van der Waals surface area (Å²) in [5.41, 5.74) is 0.980. The summed E-state index contributed by atoms with van der Waals surface area (Å²) in [6, 6.07) is 32.3. The van der Waals surface area contributed by atoms with Crippen LogP contribution in [0.5, 0.6) is 0 Å². The molecule has 4 nitrogen and oxygen atoms in total. The fraction of sp³-hybridized carbons (Fsp3) is 0.226. The molecule has 0 N–H and O–H groups in total. The van der Waals surface area contributed by atoms with Crippen molar-refractivity contribution in [2.45, 2.75) is 26.2 Å². The molecule has 0 bridgehead atoms. The summed E-state index contributed by atoms with van der Waals surface area (Å²) < 4.78 is 10.4. The molecular weight excluding hydrogens is 467 g/mol. The number of allylic oxidation sites excluding steroid dienone is 2. The summed E-state index contributed by atoms with van der Waals surface area (Å²) in [5.74, 6) is -0.529. The number of ketones is 2. The lowest BCUT2D eigenvalue weighted by Gasteiger charge is -2.28. The van der Waals surface area contributed by atoms with Crippen molar-refractivity contribution in [3.8, 4) is 0 Å². The van der Waals surface area contributed by atoms with Gasteiger partial charge in [-0.25, -0.2) is 0 Å².